The molecule has 0 aliphatic heterocycles. The maximum Gasteiger partial charge on any atom is 0.321 e. The summed E-state index contributed by atoms with van der Waals surface area (Å²) in [5.74, 6) is -0.218. The van der Waals surface area contributed by atoms with Gasteiger partial charge in [-0.15, -0.1) is 0 Å². The van der Waals surface area contributed by atoms with E-state index in [9.17, 15) is 9.59 Å². The zero-order chi connectivity index (χ0) is 17.6. The molecule has 7 nitrogen and oxygen atoms in total. The van der Waals surface area contributed by atoms with E-state index in [2.05, 4.69) is 36.5 Å². The summed E-state index contributed by atoms with van der Waals surface area (Å²) in [7, 11) is 0. The molecule has 1 saturated carbocycles. The third-order valence-electron chi connectivity index (χ3n) is 4.09. The van der Waals surface area contributed by atoms with Gasteiger partial charge >= 0.3 is 6.03 Å². The lowest BCUT2D eigenvalue weighted by Gasteiger charge is -2.22. The lowest BCUT2D eigenvalue weighted by molar-refractivity contribution is -0.122. The largest absolute Gasteiger partial charge is 0.467 e. The van der Waals surface area contributed by atoms with Crippen molar-refractivity contribution < 1.29 is 14.3 Å². The number of carbonyl (C=O) groups is 2. The molecular weight excluding hydrogens is 388 g/mol. The zero-order valence-corrected chi connectivity index (χ0v) is 15.2. The van der Waals surface area contributed by atoms with Gasteiger partial charge in [0.2, 0.25) is 5.88 Å². The molecule has 1 aliphatic rings. The van der Waals surface area contributed by atoms with Gasteiger partial charge in [-0.1, -0.05) is 35.2 Å². The van der Waals surface area contributed by atoms with E-state index in [1.807, 2.05) is 18.2 Å². The summed E-state index contributed by atoms with van der Waals surface area (Å²) < 4.78 is 6.32. The van der Waals surface area contributed by atoms with Gasteiger partial charge in [0.05, 0.1) is 10.9 Å². The van der Waals surface area contributed by atoms with Crippen molar-refractivity contribution >= 4 is 38.8 Å². The molecule has 3 rings (SSSR count). The molecule has 25 heavy (non-hydrogen) atoms. The monoisotopic (exact) mass is 406 g/mol. The van der Waals surface area contributed by atoms with E-state index in [-0.39, 0.29) is 12.6 Å². The fourth-order valence-electron chi connectivity index (χ4n) is 2.89. The van der Waals surface area contributed by atoms with Gasteiger partial charge in [-0.05, 0) is 31.0 Å². The van der Waals surface area contributed by atoms with Crippen molar-refractivity contribution in [1.82, 2.24) is 20.6 Å². The third-order valence-corrected chi connectivity index (χ3v) is 4.59. The molecule has 0 bridgehead atoms. The second kappa shape index (κ2) is 8.24. The molecule has 0 atom stereocenters. The molecule has 1 fully saturated rings. The predicted octanol–water partition coefficient (Wildman–Crippen LogP) is 2.93. The Balaban J connectivity index is 1.53. The van der Waals surface area contributed by atoms with Crippen LogP contribution in [0, 0.1) is 0 Å². The smallest absolute Gasteiger partial charge is 0.321 e. The van der Waals surface area contributed by atoms with Crippen LogP contribution < -0.4 is 15.4 Å². The van der Waals surface area contributed by atoms with Crippen LogP contribution in [-0.2, 0) is 4.79 Å². The number of rotatable bonds is 4. The second-order valence-corrected chi connectivity index (χ2v) is 6.90. The highest BCUT2D eigenvalue weighted by atomic mass is 79.9. The fourth-order valence-corrected chi connectivity index (χ4v) is 3.25. The minimum atomic E-state index is -0.518. The zero-order valence-electron chi connectivity index (χ0n) is 13.6. The number of imide groups is 1. The number of amides is 3. The van der Waals surface area contributed by atoms with Crippen LogP contribution in [0.3, 0.4) is 0 Å². The first-order valence-corrected chi connectivity index (χ1v) is 9.04. The van der Waals surface area contributed by atoms with E-state index in [1.54, 1.807) is 0 Å². The van der Waals surface area contributed by atoms with Crippen LogP contribution in [0.5, 0.6) is 5.88 Å². The average Bonchev–Trinajstić information content (AvgIpc) is 2.60. The molecule has 2 N–H and O–H groups in total. The van der Waals surface area contributed by atoms with Crippen LogP contribution in [0.15, 0.2) is 29.0 Å². The first kappa shape index (κ1) is 17.6. The van der Waals surface area contributed by atoms with E-state index in [0.29, 0.717) is 16.8 Å². The number of hydrogen-bond donors (Lipinski definition) is 2. The minimum Gasteiger partial charge on any atom is -0.467 e. The van der Waals surface area contributed by atoms with Crippen LogP contribution in [0.1, 0.15) is 32.1 Å². The van der Waals surface area contributed by atoms with Gasteiger partial charge in [-0.2, -0.15) is 0 Å². The Bertz CT molecular complexity index is 778. The molecule has 1 aromatic heterocycles. The van der Waals surface area contributed by atoms with Gasteiger partial charge in [0.25, 0.3) is 5.91 Å². The van der Waals surface area contributed by atoms with E-state index in [0.717, 1.165) is 30.2 Å². The van der Waals surface area contributed by atoms with Crippen molar-refractivity contribution in [2.45, 2.75) is 38.1 Å². The Kier molecular flexibility index (Phi) is 5.80. The molecule has 1 aliphatic carbocycles. The Morgan fingerprint density at radius 1 is 1.20 bits per heavy atom. The Morgan fingerprint density at radius 3 is 2.80 bits per heavy atom. The van der Waals surface area contributed by atoms with Crippen molar-refractivity contribution in [3.63, 3.8) is 0 Å². The number of urea groups is 1. The molecular formula is C17H19BrN4O3. The van der Waals surface area contributed by atoms with Gasteiger partial charge < -0.3 is 10.1 Å². The standard InChI is InChI=1S/C17H19BrN4O3/c18-11-6-7-14-13(8-11)16(20-10-19-14)25-9-15(23)22-17(24)21-12-4-2-1-3-5-12/h6-8,10,12H,1-5,9H2,(H2,21,22,23,24). The molecule has 0 unspecified atom stereocenters. The highest BCUT2D eigenvalue weighted by Crippen LogP contribution is 2.24. The number of ether oxygens (including phenoxy) is 1. The molecule has 2 aromatic rings. The van der Waals surface area contributed by atoms with Crippen LogP contribution in [-0.4, -0.2) is 34.6 Å². The van der Waals surface area contributed by atoms with E-state index in [4.69, 9.17) is 4.74 Å². The first-order chi connectivity index (χ1) is 12.1. The number of carbonyl (C=O) groups excluding carboxylic acids is 2. The number of nitrogens with one attached hydrogen (secondary N) is 2. The minimum absolute atomic E-state index is 0.144. The quantitative estimate of drug-likeness (QED) is 0.813. The molecule has 1 aromatic carbocycles. The molecule has 0 spiro atoms. The van der Waals surface area contributed by atoms with Crippen LogP contribution >= 0.6 is 15.9 Å². The highest BCUT2D eigenvalue weighted by molar-refractivity contribution is 9.10. The number of fused-ring (bicyclic) bond motifs is 1. The van der Waals surface area contributed by atoms with Crippen LogP contribution in [0.4, 0.5) is 4.79 Å². The number of halogens is 1. The normalized spacial score (nSPS) is 14.9. The van der Waals surface area contributed by atoms with Gasteiger partial charge in [-0.25, -0.2) is 14.8 Å². The summed E-state index contributed by atoms with van der Waals surface area (Å²) >= 11 is 3.38. The average molecular weight is 407 g/mol. The second-order valence-electron chi connectivity index (χ2n) is 5.99. The SMILES string of the molecule is O=C(COc1ncnc2ccc(Br)cc12)NC(=O)NC1CCCCC1. The number of aromatic nitrogens is 2. The van der Waals surface area contributed by atoms with Crippen molar-refractivity contribution in [3.05, 3.63) is 29.0 Å². The molecule has 3 amide bonds. The van der Waals surface area contributed by atoms with E-state index in [1.165, 1.54) is 12.7 Å². The molecule has 132 valence electrons. The van der Waals surface area contributed by atoms with Gasteiger partial charge in [0.1, 0.15) is 6.33 Å². The number of hydrogen-bond acceptors (Lipinski definition) is 5. The molecule has 8 heteroatoms. The molecule has 0 radical (unpaired) electrons. The Labute approximate surface area is 153 Å². The van der Waals surface area contributed by atoms with E-state index >= 15 is 0 Å². The van der Waals surface area contributed by atoms with Gasteiger partial charge in [0.15, 0.2) is 6.61 Å². The predicted molar refractivity (Wildman–Crippen MR) is 96.3 cm³/mol. The Morgan fingerprint density at radius 2 is 2.00 bits per heavy atom. The van der Waals surface area contributed by atoms with Gasteiger partial charge in [0, 0.05) is 10.5 Å². The maximum absolute atomic E-state index is 11.9. The molecule has 1 heterocycles. The van der Waals surface area contributed by atoms with Crippen LogP contribution in [0.2, 0.25) is 0 Å². The number of benzene rings is 1. The lowest BCUT2D eigenvalue weighted by Crippen LogP contribution is -2.46. The van der Waals surface area contributed by atoms with Crippen molar-refractivity contribution in [3.8, 4) is 5.88 Å². The summed E-state index contributed by atoms with van der Waals surface area (Å²) in [4.78, 5) is 32.0. The van der Waals surface area contributed by atoms with Crippen LogP contribution in [0.25, 0.3) is 10.9 Å². The van der Waals surface area contributed by atoms with Crippen molar-refractivity contribution in [2.75, 3.05) is 6.61 Å². The summed E-state index contributed by atoms with van der Waals surface area (Å²) in [6.45, 7) is -0.295. The summed E-state index contributed by atoms with van der Waals surface area (Å²) in [6.07, 6.45) is 6.71. The summed E-state index contributed by atoms with van der Waals surface area (Å²) in [5.41, 5.74) is 0.712. The molecule has 0 saturated heterocycles. The topological polar surface area (TPSA) is 93.2 Å². The Hall–Kier alpha value is -2.22. The maximum atomic E-state index is 11.9. The number of nitrogens with zero attached hydrogens (tertiary/aromatic N) is 2. The summed E-state index contributed by atoms with van der Waals surface area (Å²) in [5, 5.41) is 5.81. The van der Waals surface area contributed by atoms with Gasteiger partial charge in [-0.3, -0.25) is 10.1 Å². The lowest BCUT2D eigenvalue weighted by atomic mass is 9.96. The fraction of sp³-hybridized carbons (Fsp3) is 0.412. The van der Waals surface area contributed by atoms with E-state index < -0.39 is 11.9 Å². The first-order valence-electron chi connectivity index (χ1n) is 8.25. The highest BCUT2D eigenvalue weighted by Gasteiger charge is 2.17. The third kappa shape index (κ3) is 4.88. The van der Waals surface area contributed by atoms with Crippen molar-refractivity contribution in [2.24, 2.45) is 0 Å². The summed E-state index contributed by atoms with van der Waals surface area (Å²) in [6, 6.07) is 5.17. The van der Waals surface area contributed by atoms with Crippen molar-refractivity contribution in [1.29, 1.82) is 0 Å².